The van der Waals surface area contributed by atoms with Gasteiger partial charge in [-0.25, -0.2) is 9.48 Å². The second-order valence-electron chi connectivity index (χ2n) is 8.54. The summed E-state index contributed by atoms with van der Waals surface area (Å²) < 4.78 is 8.76. The summed E-state index contributed by atoms with van der Waals surface area (Å²) in [5, 5.41) is 5.06. The van der Waals surface area contributed by atoms with Crippen LogP contribution in [-0.4, -0.2) is 32.7 Å². The summed E-state index contributed by atoms with van der Waals surface area (Å²) in [5.41, 5.74) is 2.25. The number of Topliss-reactive ketones (excluding diaryl/α,β-unsaturated/α-hetero) is 1. The van der Waals surface area contributed by atoms with Crippen LogP contribution < -0.4 is 5.56 Å². The van der Waals surface area contributed by atoms with Crippen molar-refractivity contribution in [3.05, 3.63) is 63.3 Å². The number of esters is 1. The molecule has 0 bridgehead atoms. The summed E-state index contributed by atoms with van der Waals surface area (Å²) in [5.74, 6) is -0.406. The molecule has 2 heterocycles. The van der Waals surface area contributed by atoms with Crippen molar-refractivity contribution < 1.29 is 14.3 Å². The minimum absolute atomic E-state index is 0.0452. The van der Waals surface area contributed by atoms with Crippen molar-refractivity contribution in [3.63, 3.8) is 0 Å². The third-order valence-electron chi connectivity index (χ3n) is 5.63. The Morgan fingerprint density at radius 1 is 1.09 bits per heavy atom. The predicted molar refractivity (Wildman–Crippen MR) is 124 cm³/mol. The molecule has 0 aliphatic heterocycles. The summed E-state index contributed by atoms with van der Waals surface area (Å²) in [7, 11) is 0. The summed E-state index contributed by atoms with van der Waals surface area (Å²) in [6.07, 6.45) is 1.72. The van der Waals surface area contributed by atoms with E-state index in [1.807, 2.05) is 26.8 Å². The Balaban J connectivity index is 1.81. The molecule has 0 spiro atoms. The third kappa shape index (κ3) is 4.82. The van der Waals surface area contributed by atoms with Gasteiger partial charge in [-0.2, -0.15) is 5.10 Å². The van der Waals surface area contributed by atoms with Gasteiger partial charge in [0, 0.05) is 35.4 Å². The molecule has 0 atom stereocenters. The van der Waals surface area contributed by atoms with Crippen molar-refractivity contribution in [2.75, 3.05) is 6.61 Å². The summed E-state index contributed by atoms with van der Waals surface area (Å²) in [6, 6.07) is 8.66. The van der Waals surface area contributed by atoms with Gasteiger partial charge in [-0.15, -0.1) is 0 Å². The molecule has 0 aliphatic carbocycles. The highest BCUT2D eigenvalue weighted by Crippen LogP contribution is 2.19. The van der Waals surface area contributed by atoms with Crippen molar-refractivity contribution in [3.8, 4) is 0 Å². The fraction of sp³-hybridized carbons (Fsp3) is 0.440. The maximum absolute atomic E-state index is 12.8. The van der Waals surface area contributed by atoms with Crippen LogP contribution >= 0.6 is 0 Å². The molecule has 3 aromatic rings. The first-order chi connectivity index (χ1) is 15.2. The Morgan fingerprint density at radius 2 is 1.78 bits per heavy atom. The topological polar surface area (TPSA) is 83.2 Å². The maximum Gasteiger partial charge on any atom is 0.359 e. The minimum Gasteiger partial charge on any atom is -0.452 e. The molecule has 1 aromatic carbocycles. The Labute approximate surface area is 188 Å². The molecule has 32 heavy (non-hydrogen) atoms. The first-order valence-electron chi connectivity index (χ1n) is 11.1. The number of aromatic nitrogens is 3. The van der Waals surface area contributed by atoms with E-state index in [1.54, 1.807) is 24.3 Å². The number of carbonyl (C=O) groups excluding carboxylic acids is 2. The smallest absolute Gasteiger partial charge is 0.359 e. The molecule has 0 radical (unpaired) electrons. The van der Waals surface area contributed by atoms with Gasteiger partial charge in [0.2, 0.25) is 5.78 Å². The largest absolute Gasteiger partial charge is 0.452 e. The van der Waals surface area contributed by atoms with Gasteiger partial charge < -0.3 is 9.30 Å². The van der Waals surface area contributed by atoms with Crippen LogP contribution in [0.1, 0.15) is 65.8 Å². The number of carbonyl (C=O) groups is 2. The molecule has 170 valence electrons. The Kier molecular flexibility index (Phi) is 7.28. The second-order valence-corrected chi connectivity index (χ2v) is 8.54. The minimum atomic E-state index is -0.715. The molecule has 0 aliphatic rings. The zero-order valence-corrected chi connectivity index (χ0v) is 19.5. The van der Waals surface area contributed by atoms with Gasteiger partial charge in [0.05, 0.1) is 5.39 Å². The lowest BCUT2D eigenvalue weighted by Gasteiger charge is -2.12. The monoisotopic (exact) mass is 437 g/mol. The highest BCUT2D eigenvalue weighted by Gasteiger charge is 2.21. The van der Waals surface area contributed by atoms with E-state index in [2.05, 4.69) is 23.5 Å². The van der Waals surface area contributed by atoms with Crippen LogP contribution in [0, 0.1) is 19.8 Å². The van der Waals surface area contributed by atoms with Gasteiger partial charge in [0.15, 0.2) is 12.3 Å². The number of ether oxygens (including phenoxy) is 1. The fourth-order valence-electron chi connectivity index (χ4n) is 3.84. The molecular weight excluding hydrogens is 406 g/mol. The van der Waals surface area contributed by atoms with Crippen molar-refractivity contribution in [1.82, 2.24) is 14.3 Å². The number of rotatable bonds is 9. The quantitative estimate of drug-likeness (QED) is 0.368. The van der Waals surface area contributed by atoms with Crippen molar-refractivity contribution in [1.29, 1.82) is 0 Å². The number of nitrogens with zero attached hydrogens (tertiary/aromatic N) is 3. The lowest BCUT2D eigenvalue weighted by atomic mass is 10.1. The average molecular weight is 438 g/mol. The standard InChI is InChI=1S/C25H31N3O4/c1-6-12-28-24(30)20-10-8-7-9-19(20)23(26-28)25(31)32-15-22(29)21-14-17(4)27(18(21)5)13-11-16(2)3/h7-10,14,16H,6,11-13,15H2,1-5H3. The van der Waals surface area contributed by atoms with Crippen LogP contribution in [0.2, 0.25) is 0 Å². The van der Waals surface area contributed by atoms with E-state index in [4.69, 9.17) is 4.74 Å². The second kappa shape index (κ2) is 9.94. The van der Waals surface area contributed by atoms with Crippen LogP contribution in [0.4, 0.5) is 0 Å². The molecule has 0 saturated carbocycles. The number of aryl methyl sites for hydroxylation is 2. The van der Waals surface area contributed by atoms with Crippen LogP contribution in [-0.2, 0) is 17.8 Å². The molecule has 2 aromatic heterocycles. The van der Waals surface area contributed by atoms with E-state index in [0.717, 1.165) is 24.4 Å². The van der Waals surface area contributed by atoms with Gasteiger partial charge in [0.25, 0.3) is 5.56 Å². The van der Waals surface area contributed by atoms with E-state index in [1.165, 1.54) is 4.68 Å². The van der Waals surface area contributed by atoms with Crippen LogP contribution in [0.5, 0.6) is 0 Å². The lowest BCUT2D eigenvalue weighted by molar-refractivity contribution is 0.0468. The van der Waals surface area contributed by atoms with E-state index in [0.29, 0.717) is 35.2 Å². The van der Waals surface area contributed by atoms with Crippen LogP contribution in [0.25, 0.3) is 10.8 Å². The van der Waals surface area contributed by atoms with Gasteiger partial charge in [-0.3, -0.25) is 9.59 Å². The number of hydrogen-bond donors (Lipinski definition) is 0. The third-order valence-corrected chi connectivity index (χ3v) is 5.63. The normalized spacial score (nSPS) is 11.3. The Morgan fingerprint density at radius 3 is 2.44 bits per heavy atom. The van der Waals surface area contributed by atoms with Gasteiger partial charge in [-0.1, -0.05) is 39.0 Å². The molecule has 0 amide bonds. The highest BCUT2D eigenvalue weighted by atomic mass is 16.5. The van der Waals surface area contributed by atoms with Gasteiger partial charge >= 0.3 is 5.97 Å². The van der Waals surface area contributed by atoms with E-state index >= 15 is 0 Å². The molecule has 0 N–H and O–H groups in total. The SMILES string of the molecule is CCCn1nc(C(=O)OCC(=O)c2cc(C)n(CCC(C)C)c2C)c2ccccc2c1=O. The zero-order valence-electron chi connectivity index (χ0n) is 19.5. The first-order valence-corrected chi connectivity index (χ1v) is 11.1. The molecule has 0 fully saturated rings. The van der Waals surface area contributed by atoms with Crippen molar-refractivity contribution in [2.45, 2.75) is 60.5 Å². The summed E-state index contributed by atoms with van der Waals surface area (Å²) >= 11 is 0. The molecule has 0 saturated heterocycles. The first kappa shape index (κ1) is 23.4. The summed E-state index contributed by atoms with van der Waals surface area (Å²) in [4.78, 5) is 38.3. The van der Waals surface area contributed by atoms with Crippen molar-refractivity contribution >= 4 is 22.5 Å². The van der Waals surface area contributed by atoms with E-state index < -0.39 is 5.97 Å². The zero-order chi connectivity index (χ0) is 23.4. The number of benzene rings is 1. The Bertz CT molecular complexity index is 1200. The number of fused-ring (bicyclic) bond motifs is 1. The van der Waals surface area contributed by atoms with Crippen LogP contribution in [0.3, 0.4) is 0 Å². The molecule has 0 unspecified atom stereocenters. The molecule has 3 rings (SSSR count). The molecule has 7 nitrogen and oxygen atoms in total. The van der Waals surface area contributed by atoms with Crippen molar-refractivity contribution in [2.24, 2.45) is 5.92 Å². The highest BCUT2D eigenvalue weighted by molar-refractivity contribution is 6.04. The number of hydrogen-bond acceptors (Lipinski definition) is 5. The Hall–Kier alpha value is -3.22. The fourth-order valence-corrected chi connectivity index (χ4v) is 3.84. The maximum atomic E-state index is 12.8. The van der Waals surface area contributed by atoms with Gasteiger partial charge in [0.1, 0.15) is 0 Å². The molecular formula is C25H31N3O4. The van der Waals surface area contributed by atoms with Crippen LogP contribution in [0.15, 0.2) is 35.1 Å². The lowest BCUT2D eigenvalue weighted by Crippen LogP contribution is -2.27. The van der Waals surface area contributed by atoms with Gasteiger partial charge in [-0.05, 0) is 44.7 Å². The molecule has 7 heteroatoms. The summed E-state index contributed by atoms with van der Waals surface area (Å²) in [6.45, 7) is 11.0. The predicted octanol–water partition coefficient (Wildman–Crippen LogP) is 4.31. The number of ketones is 1. The van der Waals surface area contributed by atoms with E-state index in [-0.39, 0.29) is 23.6 Å². The van der Waals surface area contributed by atoms with E-state index in [9.17, 15) is 14.4 Å². The average Bonchev–Trinajstić information content (AvgIpc) is 3.05.